The lowest BCUT2D eigenvalue weighted by atomic mass is 10.1. The molecule has 1 aromatic heterocycles. The number of nitrogens with one attached hydrogen (secondary N) is 1. The zero-order valence-corrected chi connectivity index (χ0v) is 17.0. The zero-order chi connectivity index (χ0) is 21.3. The minimum absolute atomic E-state index is 0.0615. The van der Waals surface area contributed by atoms with E-state index in [1.54, 1.807) is 18.2 Å². The second-order valence-electron chi connectivity index (χ2n) is 7.27. The van der Waals surface area contributed by atoms with Gasteiger partial charge in [-0.25, -0.2) is 9.69 Å². The fourth-order valence-electron chi connectivity index (χ4n) is 3.74. The van der Waals surface area contributed by atoms with Crippen LogP contribution in [0.2, 0.25) is 0 Å². The van der Waals surface area contributed by atoms with Gasteiger partial charge in [-0.15, -0.1) is 0 Å². The van der Waals surface area contributed by atoms with Crippen molar-refractivity contribution in [2.75, 3.05) is 4.90 Å². The Morgan fingerprint density at radius 3 is 2.40 bits per heavy atom. The summed E-state index contributed by atoms with van der Waals surface area (Å²) in [5.41, 5.74) is 3.28. The first-order valence-electron chi connectivity index (χ1n) is 10.1. The molecule has 4 rings (SSSR count). The third-order valence-corrected chi connectivity index (χ3v) is 5.29. The van der Waals surface area contributed by atoms with E-state index < -0.39 is 17.8 Å². The van der Waals surface area contributed by atoms with Crippen molar-refractivity contribution >= 4 is 40.5 Å². The lowest BCUT2D eigenvalue weighted by Gasteiger charge is -2.26. The molecule has 0 atom stereocenters. The van der Waals surface area contributed by atoms with Crippen molar-refractivity contribution in [1.29, 1.82) is 0 Å². The van der Waals surface area contributed by atoms with Gasteiger partial charge < -0.3 is 4.57 Å². The number of barbiturate groups is 1. The van der Waals surface area contributed by atoms with Crippen LogP contribution in [0.5, 0.6) is 0 Å². The maximum atomic E-state index is 13.1. The molecule has 1 aliphatic rings. The van der Waals surface area contributed by atoms with Crippen LogP contribution in [0.4, 0.5) is 10.5 Å². The fraction of sp³-hybridized carbons (Fsp3) is 0.208. The molecule has 0 aliphatic carbocycles. The molecule has 4 amide bonds. The number of nitrogens with zero attached hydrogens (tertiary/aromatic N) is 2. The van der Waals surface area contributed by atoms with Gasteiger partial charge in [0.2, 0.25) is 0 Å². The van der Waals surface area contributed by atoms with E-state index in [-0.39, 0.29) is 5.57 Å². The SMILES string of the molecule is CCCn1cc(C=C2C(=O)NC(=O)N(c3ccc(CC)cc3)C2=O)c2ccccc21. The van der Waals surface area contributed by atoms with Gasteiger partial charge in [-0.2, -0.15) is 0 Å². The van der Waals surface area contributed by atoms with Crippen molar-refractivity contribution in [3.05, 3.63) is 71.4 Å². The molecule has 2 aromatic carbocycles. The van der Waals surface area contributed by atoms with Gasteiger partial charge in [-0.1, -0.05) is 44.2 Å². The average molecular weight is 401 g/mol. The summed E-state index contributed by atoms with van der Waals surface area (Å²) < 4.78 is 2.11. The first-order chi connectivity index (χ1) is 14.5. The summed E-state index contributed by atoms with van der Waals surface area (Å²) in [7, 11) is 0. The van der Waals surface area contributed by atoms with Crippen LogP contribution in [-0.2, 0) is 22.6 Å². The van der Waals surface area contributed by atoms with Crippen molar-refractivity contribution in [3.8, 4) is 0 Å². The second-order valence-corrected chi connectivity index (χ2v) is 7.27. The van der Waals surface area contributed by atoms with Crippen LogP contribution in [0.25, 0.3) is 17.0 Å². The third kappa shape index (κ3) is 3.41. The van der Waals surface area contributed by atoms with Crippen molar-refractivity contribution in [2.24, 2.45) is 0 Å². The van der Waals surface area contributed by atoms with E-state index in [9.17, 15) is 14.4 Å². The van der Waals surface area contributed by atoms with E-state index in [2.05, 4.69) is 16.8 Å². The first kappa shape index (κ1) is 19.6. The molecule has 0 bridgehead atoms. The summed E-state index contributed by atoms with van der Waals surface area (Å²) in [4.78, 5) is 39.1. The largest absolute Gasteiger partial charge is 0.347 e. The molecule has 6 heteroatoms. The van der Waals surface area contributed by atoms with Gasteiger partial charge in [0.15, 0.2) is 0 Å². The Kier molecular flexibility index (Phi) is 5.23. The predicted octanol–water partition coefficient (Wildman–Crippen LogP) is 4.28. The van der Waals surface area contributed by atoms with Crippen LogP contribution in [0, 0.1) is 0 Å². The highest BCUT2D eigenvalue weighted by Crippen LogP contribution is 2.27. The number of aromatic nitrogens is 1. The van der Waals surface area contributed by atoms with E-state index in [1.807, 2.05) is 49.5 Å². The minimum atomic E-state index is -0.736. The van der Waals surface area contributed by atoms with Crippen molar-refractivity contribution in [2.45, 2.75) is 33.2 Å². The monoisotopic (exact) mass is 401 g/mol. The molecule has 0 saturated carbocycles. The summed E-state index contributed by atoms with van der Waals surface area (Å²) in [5.74, 6) is -1.31. The maximum Gasteiger partial charge on any atom is 0.335 e. The normalized spacial score (nSPS) is 15.9. The average Bonchev–Trinajstić information content (AvgIpc) is 3.09. The summed E-state index contributed by atoms with van der Waals surface area (Å²) in [6.07, 6.45) is 5.33. The van der Waals surface area contributed by atoms with Gasteiger partial charge >= 0.3 is 6.03 Å². The summed E-state index contributed by atoms with van der Waals surface area (Å²) in [6.45, 7) is 4.96. The Morgan fingerprint density at radius 1 is 0.967 bits per heavy atom. The Hall–Kier alpha value is -3.67. The number of anilines is 1. The highest BCUT2D eigenvalue weighted by molar-refractivity contribution is 6.39. The van der Waals surface area contributed by atoms with Gasteiger partial charge in [0.25, 0.3) is 11.8 Å². The van der Waals surface area contributed by atoms with Crippen LogP contribution < -0.4 is 10.2 Å². The molecule has 152 valence electrons. The molecule has 0 unspecified atom stereocenters. The lowest BCUT2D eigenvalue weighted by Crippen LogP contribution is -2.54. The number of carbonyl (C=O) groups excluding carboxylic acids is 3. The van der Waals surface area contributed by atoms with Gasteiger partial charge in [0, 0.05) is 29.2 Å². The van der Waals surface area contributed by atoms with Gasteiger partial charge in [0.05, 0.1) is 5.69 Å². The lowest BCUT2D eigenvalue weighted by molar-refractivity contribution is -0.122. The Bertz CT molecular complexity index is 1170. The Labute approximate surface area is 174 Å². The standard InChI is InChI=1S/C24H23N3O3/c1-3-13-26-15-17(19-7-5-6-8-21(19)26)14-20-22(28)25-24(30)27(23(20)29)18-11-9-16(4-2)10-12-18/h5-12,14-15H,3-4,13H2,1-2H3,(H,25,28,30). The number of para-hydroxylation sites is 1. The molecular weight excluding hydrogens is 378 g/mol. The summed E-state index contributed by atoms with van der Waals surface area (Å²) in [6, 6.07) is 14.3. The van der Waals surface area contributed by atoms with E-state index >= 15 is 0 Å². The minimum Gasteiger partial charge on any atom is -0.347 e. The Balaban J connectivity index is 1.77. The molecular formula is C24H23N3O3. The van der Waals surface area contributed by atoms with Crippen LogP contribution in [0.15, 0.2) is 60.3 Å². The summed E-state index contributed by atoms with van der Waals surface area (Å²) in [5, 5.41) is 3.24. The quantitative estimate of drug-likeness (QED) is 0.512. The molecule has 0 radical (unpaired) electrons. The van der Waals surface area contributed by atoms with Crippen molar-refractivity contribution in [3.63, 3.8) is 0 Å². The number of rotatable bonds is 5. The highest BCUT2D eigenvalue weighted by Gasteiger charge is 2.36. The van der Waals surface area contributed by atoms with Crippen LogP contribution in [-0.4, -0.2) is 22.4 Å². The smallest absolute Gasteiger partial charge is 0.335 e. The van der Waals surface area contributed by atoms with Crippen LogP contribution in [0.3, 0.4) is 0 Å². The van der Waals surface area contributed by atoms with E-state index in [0.717, 1.165) is 46.3 Å². The van der Waals surface area contributed by atoms with E-state index in [0.29, 0.717) is 5.69 Å². The van der Waals surface area contributed by atoms with Crippen LogP contribution >= 0.6 is 0 Å². The number of aryl methyl sites for hydroxylation is 2. The van der Waals surface area contributed by atoms with Gasteiger partial charge in [-0.3, -0.25) is 14.9 Å². The van der Waals surface area contributed by atoms with Gasteiger partial charge in [-0.05, 0) is 42.7 Å². The molecule has 30 heavy (non-hydrogen) atoms. The first-order valence-corrected chi connectivity index (χ1v) is 10.1. The molecule has 0 spiro atoms. The summed E-state index contributed by atoms with van der Waals surface area (Å²) >= 11 is 0. The van der Waals surface area contributed by atoms with Crippen molar-refractivity contribution in [1.82, 2.24) is 9.88 Å². The topological polar surface area (TPSA) is 71.4 Å². The molecule has 1 fully saturated rings. The number of benzene rings is 2. The zero-order valence-electron chi connectivity index (χ0n) is 17.0. The number of amides is 4. The molecule has 1 aliphatic heterocycles. The van der Waals surface area contributed by atoms with Gasteiger partial charge in [0.1, 0.15) is 5.57 Å². The van der Waals surface area contributed by atoms with Crippen molar-refractivity contribution < 1.29 is 14.4 Å². The van der Waals surface area contributed by atoms with E-state index in [4.69, 9.17) is 0 Å². The maximum absolute atomic E-state index is 13.1. The molecule has 3 aromatic rings. The number of urea groups is 1. The molecule has 6 nitrogen and oxygen atoms in total. The Morgan fingerprint density at radius 2 is 1.70 bits per heavy atom. The number of carbonyl (C=O) groups is 3. The third-order valence-electron chi connectivity index (χ3n) is 5.29. The highest BCUT2D eigenvalue weighted by atomic mass is 16.2. The number of hydrogen-bond acceptors (Lipinski definition) is 3. The van der Waals surface area contributed by atoms with Crippen LogP contribution in [0.1, 0.15) is 31.4 Å². The second kappa shape index (κ2) is 7.99. The molecule has 1 saturated heterocycles. The molecule has 2 heterocycles. The molecule has 1 N–H and O–H groups in total. The van der Waals surface area contributed by atoms with E-state index in [1.165, 1.54) is 0 Å². The number of imide groups is 2. The predicted molar refractivity (Wildman–Crippen MR) is 117 cm³/mol. The number of hydrogen-bond donors (Lipinski definition) is 1. The fourth-order valence-corrected chi connectivity index (χ4v) is 3.74. The number of fused-ring (bicyclic) bond motifs is 1.